The molecule has 0 spiro atoms. The lowest BCUT2D eigenvalue weighted by atomic mass is 10.1. The molecule has 0 aliphatic rings. The Balaban J connectivity index is 2.74. The van der Waals surface area contributed by atoms with Crippen LogP contribution in [-0.4, -0.2) is 31.3 Å². The van der Waals surface area contributed by atoms with Crippen molar-refractivity contribution in [2.45, 2.75) is 6.42 Å². The number of hydrogen-bond acceptors (Lipinski definition) is 4. The van der Waals surface area contributed by atoms with Crippen molar-refractivity contribution in [2.24, 2.45) is 0 Å². The second kappa shape index (κ2) is 8.35. The summed E-state index contributed by atoms with van der Waals surface area (Å²) in [6, 6.07) is 6.60. The van der Waals surface area contributed by atoms with E-state index in [1.165, 1.54) is 12.1 Å². The number of halogens is 1. The van der Waals surface area contributed by atoms with Gasteiger partial charge < -0.3 is 15.2 Å². The third kappa shape index (κ3) is 5.03. The van der Waals surface area contributed by atoms with E-state index in [0.717, 1.165) is 0 Å². The summed E-state index contributed by atoms with van der Waals surface area (Å²) in [5.41, 5.74) is 0.665. The Labute approximate surface area is 126 Å². The predicted molar refractivity (Wildman–Crippen MR) is 78.9 cm³/mol. The first-order chi connectivity index (χ1) is 9.58. The van der Waals surface area contributed by atoms with Gasteiger partial charge in [0.05, 0.1) is 4.47 Å². The molecule has 1 rings (SSSR count). The molecule has 0 radical (unpaired) electrons. The maximum atomic E-state index is 11.8. The van der Waals surface area contributed by atoms with Crippen molar-refractivity contribution in [2.75, 3.05) is 20.3 Å². The van der Waals surface area contributed by atoms with Crippen LogP contribution in [0.1, 0.15) is 12.0 Å². The van der Waals surface area contributed by atoms with Crippen LogP contribution in [0.25, 0.3) is 6.08 Å². The summed E-state index contributed by atoms with van der Waals surface area (Å²) in [7, 11) is 1.59. The average molecular weight is 339 g/mol. The number of hydrogen-bond donors (Lipinski definition) is 2. The van der Waals surface area contributed by atoms with Gasteiger partial charge in [0.15, 0.2) is 0 Å². The van der Waals surface area contributed by atoms with Crippen LogP contribution in [0, 0.1) is 11.3 Å². The topological polar surface area (TPSA) is 82.3 Å². The number of ether oxygens (including phenoxy) is 1. The Kier molecular flexibility index (Phi) is 6.77. The molecule has 1 aromatic rings. The van der Waals surface area contributed by atoms with Crippen molar-refractivity contribution in [1.29, 1.82) is 5.26 Å². The number of rotatable bonds is 6. The van der Waals surface area contributed by atoms with E-state index in [0.29, 0.717) is 29.6 Å². The Hall–Kier alpha value is -1.84. The molecule has 20 heavy (non-hydrogen) atoms. The Morgan fingerprint density at radius 3 is 2.95 bits per heavy atom. The summed E-state index contributed by atoms with van der Waals surface area (Å²) >= 11 is 3.18. The monoisotopic (exact) mass is 338 g/mol. The van der Waals surface area contributed by atoms with Gasteiger partial charge in [-0.3, -0.25) is 4.79 Å². The van der Waals surface area contributed by atoms with Crippen LogP contribution >= 0.6 is 15.9 Å². The molecular weight excluding hydrogens is 324 g/mol. The maximum Gasteiger partial charge on any atom is 0.261 e. The molecule has 0 saturated heterocycles. The number of carbonyl (C=O) groups is 1. The van der Waals surface area contributed by atoms with E-state index in [1.54, 1.807) is 19.2 Å². The fourth-order valence-electron chi connectivity index (χ4n) is 1.44. The molecule has 0 aromatic heterocycles. The summed E-state index contributed by atoms with van der Waals surface area (Å²) in [5.74, 6) is -0.322. The molecule has 0 saturated carbocycles. The summed E-state index contributed by atoms with van der Waals surface area (Å²) in [5, 5.41) is 21.1. The highest BCUT2D eigenvalue weighted by molar-refractivity contribution is 9.10. The number of amides is 1. The quantitative estimate of drug-likeness (QED) is 0.473. The number of nitrogens with one attached hydrogen (secondary N) is 1. The van der Waals surface area contributed by atoms with Gasteiger partial charge in [-0.15, -0.1) is 0 Å². The third-order valence-electron chi connectivity index (χ3n) is 2.46. The molecule has 106 valence electrons. The van der Waals surface area contributed by atoms with Crippen LogP contribution in [-0.2, 0) is 9.53 Å². The van der Waals surface area contributed by atoms with Crippen molar-refractivity contribution in [3.05, 3.63) is 33.8 Å². The van der Waals surface area contributed by atoms with E-state index in [1.807, 2.05) is 6.07 Å². The van der Waals surface area contributed by atoms with E-state index >= 15 is 0 Å². The lowest BCUT2D eigenvalue weighted by molar-refractivity contribution is -0.117. The van der Waals surface area contributed by atoms with Crippen molar-refractivity contribution < 1.29 is 14.6 Å². The number of carbonyl (C=O) groups excluding carboxylic acids is 1. The van der Waals surface area contributed by atoms with Gasteiger partial charge in [0.1, 0.15) is 17.4 Å². The number of phenols is 1. The fourth-order valence-corrected chi connectivity index (χ4v) is 1.84. The van der Waals surface area contributed by atoms with E-state index in [4.69, 9.17) is 10.00 Å². The zero-order chi connectivity index (χ0) is 15.0. The van der Waals surface area contributed by atoms with Gasteiger partial charge in [-0.05, 0) is 46.1 Å². The lowest BCUT2D eigenvalue weighted by Gasteiger charge is -2.04. The molecule has 2 N–H and O–H groups in total. The Morgan fingerprint density at radius 1 is 1.60 bits per heavy atom. The normalized spacial score (nSPS) is 10.9. The molecule has 5 nitrogen and oxygen atoms in total. The summed E-state index contributed by atoms with van der Waals surface area (Å²) < 4.78 is 5.37. The molecule has 0 aliphatic carbocycles. The van der Waals surface area contributed by atoms with Crippen LogP contribution in [0.4, 0.5) is 0 Å². The van der Waals surface area contributed by atoms with Gasteiger partial charge in [0, 0.05) is 20.3 Å². The van der Waals surface area contributed by atoms with Gasteiger partial charge in [-0.25, -0.2) is 0 Å². The van der Waals surface area contributed by atoms with E-state index in [2.05, 4.69) is 21.2 Å². The van der Waals surface area contributed by atoms with Gasteiger partial charge in [0.2, 0.25) is 0 Å². The third-order valence-corrected chi connectivity index (χ3v) is 3.09. The minimum atomic E-state index is -0.423. The van der Waals surface area contributed by atoms with E-state index in [-0.39, 0.29) is 11.3 Å². The van der Waals surface area contributed by atoms with Crippen LogP contribution in [0.2, 0.25) is 0 Å². The smallest absolute Gasteiger partial charge is 0.261 e. The number of nitriles is 1. The van der Waals surface area contributed by atoms with Crippen LogP contribution in [0.15, 0.2) is 28.2 Å². The average Bonchev–Trinajstić information content (AvgIpc) is 2.44. The molecule has 0 unspecified atom stereocenters. The Morgan fingerprint density at radius 2 is 2.35 bits per heavy atom. The predicted octanol–water partition coefficient (Wildman–Crippen LogP) is 2.21. The SMILES string of the molecule is COCCCNC(=O)/C(C#N)=C/c1ccc(O)c(Br)c1. The largest absolute Gasteiger partial charge is 0.507 e. The lowest BCUT2D eigenvalue weighted by Crippen LogP contribution is -2.26. The van der Waals surface area contributed by atoms with Gasteiger partial charge >= 0.3 is 0 Å². The molecule has 0 bridgehead atoms. The van der Waals surface area contributed by atoms with Gasteiger partial charge in [-0.2, -0.15) is 5.26 Å². The maximum absolute atomic E-state index is 11.8. The zero-order valence-electron chi connectivity index (χ0n) is 11.0. The van der Waals surface area contributed by atoms with Crippen LogP contribution < -0.4 is 5.32 Å². The van der Waals surface area contributed by atoms with Crippen molar-refractivity contribution in [3.63, 3.8) is 0 Å². The number of aromatic hydroxyl groups is 1. The van der Waals surface area contributed by atoms with Crippen molar-refractivity contribution >= 4 is 27.9 Å². The van der Waals surface area contributed by atoms with Gasteiger partial charge in [-0.1, -0.05) is 6.07 Å². The number of methoxy groups -OCH3 is 1. The highest BCUT2D eigenvalue weighted by Crippen LogP contribution is 2.25. The number of nitrogens with zero attached hydrogens (tertiary/aromatic N) is 1. The fraction of sp³-hybridized carbons (Fsp3) is 0.286. The molecule has 0 heterocycles. The van der Waals surface area contributed by atoms with Gasteiger partial charge in [0.25, 0.3) is 5.91 Å². The number of phenolic OH excluding ortho intramolecular Hbond substituents is 1. The first-order valence-corrected chi connectivity index (χ1v) is 6.75. The molecule has 6 heteroatoms. The summed E-state index contributed by atoms with van der Waals surface area (Å²) in [6.07, 6.45) is 2.15. The van der Waals surface area contributed by atoms with Crippen molar-refractivity contribution in [1.82, 2.24) is 5.32 Å². The molecular formula is C14H15BrN2O3. The second-order valence-electron chi connectivity index (χ2n) is 3.98. The minimum Gasteiger partial charge on any atom is -0.507 e. The molecule has 0 atom stereocenters. The van der Waals surface area contributed by atoms with E-state index < -0.39 is 5.91 Å². The van der Waals surface area contributed by atoms with Crippen molar-refractivity contribution in [3.8, 4) is 11.8 Å². The first kappa shape index (κ1) is 16.2. The van der Waals surface area contributed by atoms with E-state index in [9.17, 15) is 9.90 Å². The van der Waals surface area contributed by atoms with Crippen LogP contribution in [0.5, 0.6) is 5.75 Å². The number of benzene rings is 1. The highest BCUT2D eigenvalue weighted by atomic mass is 79.9. The first-order valence-electron chi connectivity index (χ1n) is 5.96. The molecule has 0 fully saturated rings. The molecule has 1 aromatic carbocycles. The van der Waals surface area contributed by atoms with Crippen LogP contribution in [0.3, 0.4) is 0 Å². The standard InChI is InChI=1S/C14H15BrN2O3/c1-20-6-2-5-17-14(19)11(9-16)7-10-3-4-13(18)12(15)8-10/h3-4,7-8,18H,2,5-6H2,1H3,(H,17,19)/b11-7+. The minimum absolute atomic E-state index is 0.0139. The summed E-state index contributed by atoms with van der Waals surface area (Å²) in [4.78, 5) is 11.8. The zero-order valence-corrected chi connectivity index (χ0v) is 12.6. The highest BCUT2D eigenvalue weighted by Gasteiger charge is 2.08. The summed E-state index contributed by atoms with van der Waals surface area (Å²) in [6.45, 7) is 1.00. The second-order valence-corrected chi connectivity index (χ2v) is 4.84. The molecule has 0 aliphatic heterocycles. The Bertz CT molecular complexity index is 550. The molecule has 1 amide bonds.